The molecule has 11 nitrogen and oxygen atoms in total. The number of amidine groups is 2. The van der Waals surface area contributed by atoms with Crippen LogP contribution in [0.2, 0.25) is 5.15 Å². The first-order valence-corrected chi connectivity index (χ1v) is 15.8. The fourth-order valence-corrected chi connectivity index (χ4v) is 6.94. The van der Waals surface area contributed by atoms with Crippen molar-refractivity contribution in [3.05, 3.63) is 97.3 Å². The summed E-state index contributed by atoms with van der Waals surface area (Å²) in [6.07, 6.45) is 4.57. The number of aliphatic imine (C=N–C) groups is 2. The topological polar surface area (TPSA) is 149 Å². The number of nitrogens with two attached hydrogens (primary N) is 2. The van der Waals surface area contributed by atoms with Gasteiger partial charge in [-0.15, -0.1) is 0 Å². The van der Waals surface area contributed by atoms with Crippen LogP contribution >= 0.6 is 43.5 Å². The van der Waals surface area contributed by atoms with Gasteiger partial charge in [-0.05, 0) is 42.5 Å². The Morgan fingerprint density at radius 3 is 1.71 bits per heavy atom. The van der Waals surface area contributed by atoms with Gasteiger partial charge in [0.1, 0.15) is 27.7 Å². The highest BCUT2D eigenvalue weighted by atomic mass is 79.9. The summed E-state index contributed by atoms with van der Waals surface area (Å²) < 4.78 is 29.8. The first kappa shape index (κ1) is 29.6. The average molecular weight is 757 g/mol. The molecule has 4 aromatic rings. The molecule has 4 N–H and O–H groups in total. The first-order chi connectivity index (χ1) is 21.7. The van der Waals surface area contributed by atoms with Crippen molar-refractivity contribution >= 4 is 55.5 Å². The molecule has 230 valence electrons. The molecule has 0 saturated carbocycles. The molecule has 8 rings (SSSR count). The van der Waals surface area contributed by atoms with E-state index in [9.17, 15) is 0 Å². The second-order valence-electron chi connectivity index (χ2n) is 10.5. The van der Waals surface area contributed by atoms with Crippen LogP contribution in [0.25, 0.3) is 0 Å². The van der Waals surface area contributed by atoms with Crippen LogP contribution in [0.3, 0.4) is 0 Å². The molecule has 2 aromatic carbocycles. The zero-order valence-corrected chi connectivity index (χ0v) is 27.6. The van der Waals surface area contributed by atoms with E-state index in [0.29, 0.717) is 48.6 Å². The van der Waals surface area contributed by atoms with Gasteiger partial charge in [-0.1, -0.05) is 43.5 Å². The summed E-state index contributed by atoms with van der Waals surface area (Å²) in [7, 11) is 1.58. The predicted octanol–water partition coefficient (Wildman–Crippen LogP) is 6.52. The SMILES string of the molecule is COc1cc2c(cn1)Oc1ccc(Br)cc1[C@@]21CCOC(N)=N1.NC1=N[C@@]2(CCO1)c1cc(Br)ccc1Oc1cnc(Cl)cc12. The Morgan fingerprint density at radius 1 is 0.711 bits per heavy atom. The molecule has 0 aliphatic carbocycles. The molecule has 14 heteroatoms. The zero-order valence-electron chi connectivity index (χ0n) is 23.7. The van der Waals surface area contributed by atoms with E-state index < -0.39 is 11.1 Å². The van der Waals surface area contributed by atoms with Crippen molar-refractivity contribution in [2.45, 2.75) is 23.9 Å². The first-order valence-electron chi connectivity index (χ1n) is 13.8. The van der Waals surface area contributed by atoms with Crippen molar-refractivity contribution < 1.29 is 23.7 Å². The Hall–Kier alpha value is -4.07. The highest BCUT2D eigenvalue weighted by Crippen LogP contribution is 2.54. The number of methoxy groups -OCH3 is 1. The van der Waals surface area contributed by atoms with Gasteiger partial charge in [-0.25, -0.2) is 20.0 Å². The molecule has 4 aliphatic heterocycles. The lowest BCUT2D eigenvalue weighted by molar-refractivity contribution is 0.218. The van der Waals surface area contributed by atoms with Crippen LogP contribution < -0.4 is 25.7 Å². The summed E-state index contributed by atoms with van der Waals surface area (Å²) in [5, 5.41) is 0.389. The average Bonchev–Trinajstić information content (AvgIpc) is 3.03. The highest BCUT2D eigenvalue weighted by Gasteiger charge is 2.46. The van der Waals surface area contributed by atoms with E-state index in [1.54, 1.807) is 25.6 Å². The Labute approximate surface area is 279 Å². The summed E-state index contributed by atoms with van der Waals surface area (Å²) in [5.41, 5.74) is 14.0. The molecule has 0 unspecified atom stereocenters. The fraction of sp³-hybridized carbons (Fsp3) is 0.226. The van der Waals surface area contributed by atoms with Crippen molar-refractivity contribution in [2.75, 3.05) is 20.3 Å². The van der Waals surface area contributed by atoms with Gasteiger partial charge in [0, 0.05) is 50.1 Å². The fourth-order valence-electron chi connectivity index (χ4n) is 6.06. The zero-order chi connectivity index (χ0) is 31.3. The molecule has 2 spiro atoms. The lowest BCUT2D eigenvalue weighted by atomic mass is 9.78. The third-order valence-electron chi connectivity index (χ3n) is 8.02. The molecule has 0 saturated heterocycles. The van der Waals surface area contributed by atoms with E-state index in [1.165, 1.54) is 0 Å². The standard InChI is InChI=1S/C16H14BrN3O3.C15H11BrClN3O2/c1-21-14-7-11-13(8-19-14)23-12-3-2-9(17)6-10(12)16(11)4-5-22-15(18)20-16;16-8-1-2-11-9(5-8)15(3-4-21-14(18)20-15)10-6-13(17)19-7-12(10)22-11/h2-3,6-8H,4-5H2,1H3,(H2,18,20);1-2,5-7H,3-4H2,(H2,18,20)/t16-;15-/m00/s1. The normalized spacial score (nSPS) is 21.9. The van der Waals surface area contributed by atoms with Gasteiger partial charge in [0.25, 0.3) is 12.0 Å². The number of aromatic nitrogens is 2. The number of fused-ring (bicyclic) bond motifs is 8. The maximum absolute atomic E-state index is 6.09. The van der Waals surface area contributed by atoms with Crippen LogP contribution in [0.15, 0.2) is 79.9 Å². The third kappa shape index (κ3) is 5.12. The maximum atomic E-state index is 6.09. The van der Waals surface area contributed by atoms with E-state index in [2.05, 4.69) is 51.8 Å². The van der Waals surface area contributed by atoms with Gasteiger partial charge >= 0.3 is 0 Å². The van der Waals surface area contributed by atoms with E-state index in [0.717, 1.165) is 42.7 Å². The smallest absolute Gasteiger partial charge is 0.283 e. The highest BCUT2D eigenvalue weighted by molar-refractivity contribution is 9.10. The Morgan fingerprint density at radius 2 is 1.20 bits per heavy atom. The number of benzene rings is 2. The van der Waals surface area contributed by atoms with Crippen LogP contribution in [0.5, 0.6) is 28.9 Å². The number of hydrogen-bond acceptors (Lipinski definition) is 11. The van der Waals surface area contributed by atoms with E-state index >= 15 is 0 Å². The molecule has 6 heterocycles. The molecule has 0 amide bonds. The monoisotopic (exact) mass is 754 g/mol. The lowest BCUT2D eigenvalue weighted by Gasteiger charge is -2.39. The summed E-state index contributed by atoms with van der Waals surface area (Å²) in [4.78, 5) is 17.6. The van der Waals surface area contributed by atoms with Crippen LogP contribution in [-0.4, -0.2) is 42.3 Å². The minimum absolute atomic E-state index is 0.165. The lowest BCUT2D eigenvalue weighted by Crippen LogP contribution is -2.38. The number of rotatable bonds is 1. The van der Waals surface area contributed by atoms with Crippen molar-refractivity contribution in [3.63, 3.8) is 0 Å². The molecule has 4 aliphatic rings. The van der Waals surface area contributed by atoms with Crippen LogP contribution in [0.4, 0.5) is 0 Å². The van der Waals surface area contributed by atoms with Crippen molar-refractivity contribution in [1.82, 2.24) is 9.97 Å². The molecule has 45 heavy (non-hydrogen) atoms. The van der Waals surface area contributed by atoms with Crippen LogP contribution in [-0.2, 0) is 20.6 Å². The van der Waals surface area contributed by atoms with Gasteiger partial charge in [0.05, 0.1) is 32.7 Å². The molecular formula is C31H25Br2ClN6O5. The van der Waals surface area contributed by atoms with Crippen molar-refractivity contribution in [2.24, 2.45) is 21.5 Å². The van der Waals surface area contributed by atoms with E-state index in [4.69, 9.17) is 46.8 Å². The van der Waals surface area contributed by atoms with Gasteiger partial charge in [0.2, 0.25) is 5.88 Å². The Kier molecular flexibility index (Phi) is 7.49. The van der Waals surface area contributed by atoms with Gasteiger partial charge < -0.3 is 35.2 Å². The van der Waals surface area contributed by atoms with Gasteiger partial charge in [-0.3, -0.25) is 0 Å². The Balaban J connectivity index is 0.000000145. The van der Waals surface area contributed by atoms with E-state index in [-0.39, 0.29) is 12.0 Å². The number of nitrogens with zero attached hydrogens (tertiary/aromatic N) is 4. The quantitative estimate of drug-likeness (QED) is 0.207. The van der Waals surface area contributed by atoms with Crippen LogP contribution in [0.1, 0.15) is 35.1 Å². The second-order valence-corrected chi connectivity index (χ2v) is 12.7. The third-order valence-corrected chi connectivity index (χ3v) is 9.21. The Bertz CT molecular complexity index is 1860. The minimum atomic E-state index is -0.665. The van der Waals surface area contributed by atoms with Gasteiger partial charge in [-0.2, -0.15) is 0 Å². The largest absolute Gasteiger partial charge is 0.481 e. The number of pyridine rings is 2. The summed E-state index contributed by atoms with van der Waals surface area (Å²) in [5.74, 6) is 3.27. The predicted molar refractivity (Wildman–Crippen MR) is 174 cm³/mol. The number of ether oxygens (including phenoxy) is 5. The maximum Gasteiger partial charge on any atom is 0.283 e. The van der Waals surface area contributed by atoms with Crippen LogP contribution in [0, 0.1) is 0 Å². The summed E-state index contributed by atoms with van der Waals surface area (Å²) >= 11 is 13.1. The molecule has 2 aromatic heterocycles. The number of hydrogen-bond donors (Lipinski definition) is 2. The van der Waals surface area contributed by atoms with Crippen molar-refractivity contribution in [1.29, 1.82) is 0 Å². The van der Waals surface area contributed by atoms with E-state index in [1.807, 2.05) is 42.5 Å². The van der Waals surface area contributed by atoms with Crippen molar-refractivity contribution in [3.8, 4) is 28.9 Å². The molecule has 0 radical (unpaired) electrons. The summed E-state index contributed by atoms with van der Waals surface area (Å²) in [6.45, 7) is 0.950. The minimum Gasteiger partial charge on any atom is -0.481 e. The molecular weight excluding hydrogens is 732 g/mol. The number of halogens is 3. The van der Waals surface area contributed by atoms with Gasteiger partial charge in [0.15, 0.2) is 11.5 Å². The molecule has 0 bridgehead atoms. The second kappa shape index (κ2) is 11.4. The molecule has 2 atom stereocenters. The summed E-state index contributed by atoms with van der Waals surface area (Å²) in [6, 6.07) is 15.6. The molecule has 0 fully saturated rings.